The van der Waals surface area contributed by atoms with Crippen LogP contribution in [0.15, 0.2) is 4.99 Å². The van der Waals surface area contributed by atoms with E-state index in [0.717, 1.165) is 77.6 Å². The van der Waals surface area contributed by atoms with E-state index in [4.69, 9.17) is 19.2 Å². The maximum absolute atomic E-state index is 6.11. The first-order chi connectivity index (χ1) is 12.8. The zero-order valence-corrected chi connectivity index (χ0v) is 16.9. The van der Waals surface area contributed by atoms with Crippen molar-refractivity contribution in [2.45, 2.75) is 71.0 Å². The molecule has 6 heteroatoms. The molecule has 0 amide bonds. The molecule has 0 bridgehead atoms. The summed E-state index contributed by atoms with van der Waals surface area (Å²) in [4.78, 5) is 7.08. The summed E-state index contributed by atoms with van der Waals surface area (Å²) in [6.07, 6.45) is 8.72. The van der Waals surface area contributed by atoms with Crippen LogP contribution < -0.4 is 5.32 Å². The second-order valence-electron chi connectivity index (χ2n) is 7.21. The van der Waals surface area contributed by atoms with E-state index < -0.39 is 0 Å². The van der Waals surface area contributed by atoms with Gasteiger partial charge in [0.25, 0.3) is 0 Å². The number of nitrogens with one attached hydrogen (secondary N) is 1. The fourth-order valence-corrected chi connectivity index (χ4v) is 3.41. The van der Waals surface area contributed by atoms with Gasteiger partial charge in [-0.05, 0) is 45.4 Å². The highest BCUT2D eigenvalue weighted by Crippen LogP contribution is 2.17. The van der Waals surface area contributed by atoms with Crippen LogP contribution in [0.2, 0.25) is 0 Å². The summed E-state index contributed by atoms with van der Waals surface area (Å²) in [5, 5.41) is 3.41. The molecule has 0 radical (unpaired) electrons. The summed E-state index contributed by atoms with van der Waals surface area (Å²) >= 11 is 0. The minimum atomic E-state index is 0.313. The highest BCUT2D eigenvalue weighted by atomic mass is 16.5. The highest BCUT2D eigenvalue weighted by Gasteiger charge is 2.23. The average molecular weight is 370 g/mol. The molecule has 152 valence electrons. The lowest BCUT2D eigenvalue weighted by Crippen LogP contribution is -2.47. The van der Waals surface area contributed by atoms with Crippen LogP contribution >= 0.6 is 0 Å². The molecule has 26 heavy (non-hydrogen) atoms. The van der Waals surface area contributed by atoms with Gasteiger partial charge in [0.05, 0.1) is 32.0 Å². The van der Waals surface area contributed by atoms with Crippen molar-refractivity contribution in [2.75, 3.05) is 52.6 Å². The van der Waals surface area contributed by atoms with Crippen LogP contribution in [0.1, 0.15) is 58.8 Å². The minimum Gasteiger partial charge on any atom is -0.380 e. The molecule has 0 aliphatic carbocycles. The van der Waals surface area contributed by atoms with Crippen LogP contribution in [0.4, 0.5) is 0 Å². The number of aliphatic imine (C=N–C) groups is 1. The molecule has 0 aromatic heterocycles. The quantitative estimate of drug-likeness (QED) is 0.365. The van der Waals surface area contributed by atoms with E-state index >= 15 is 0 Å². The van der Waals surface area contributed by atoms with Gasteiger partial charge in [0.15, 0.2) is 5.96 Å². The summed E-state index contributed by atoms with van der Waals surface area (Å²) in [7, 11) is 0. The van der Waals surface area contributed by atoms with E-state index in [1.807, 2.05) is 0 Å². The molecule has 2 aliphatic rings. The Morgan fingerprint density at radius 1 is 1.15 bits per heavy atom. The molecule has 0 aromatic rings. The van der Waals surface area contributed by atoms with Crippen molar-refractivity contribution in [1.29, 1.82) is 0 Å². The van der Waals surface area contributed by atoms with E-state index in [0.29, 0.717) is 18.8 Å². The van der Waals surface area contributed by atoms with Crippen molar-refractivity contribution >= 4 is 5.96 Å². The lowest BCUT2D eigenvalue weighted by molar-refractivity contribution is -0.0721. The van der Waals surface area contributed by atoms with Crippen LogP contribution in [-0.4, -0.2) is 75.7 Å². The Morgan fingerprint density at radius 2 is 2.00 bits per heavy atom. The molecule has 2 fully saturated rings. The zero-order valence-electron chi connectivity index (χ0n) is 16.9. The van der Waals surface area contributed by atoms with Crippen molar-refractivity contribution < 1.29 is 14.2 Å². The van der Waals surface area contributed by atoms with E-state index in [9.17, 15) is 0 Å². The molecule has 0 saturated carbocycles. The van der Waals surface area contributed by atoms with Gasteiger partial charge in [-0.15, -0.1) is 0 Å². The Labute approximate surface area is 159 Å². The normalized spacial score (nSPS) is 22.6. The molecule has 2 saturated heterocycles. The number of ether oxygens (including phenoxy) is 3. The van der Waals surface area contributed by atoms with E-state index in [-0.39, 0.29) is 0 Å². The fraction of sp³-hybridized carbons (Fsp3) is 0.950. The second-order valence-corrected chi connectivity index (χ2v) is 7.21. The van der Waals surface area contributed by atoms with E-state index in [1.54, 1.807) is 0 Å². The topological polar surface area (TPSA) is 55.3 Å². The monoisotopic (exact) mass is 369 g/mol. The molecule has 0 spiro atoms. The number of guanidine groups is 1. The lowest BCUT2D eigenvalue weighted by Gasteiger charge is -2.35. The molecule has 2 rings (SSSR count). The van der Waals surface area contributed by atoms with Crippen molar-refractivity contribution in [3.63, 3.8) is 0 Å². The van der Waals surface area contributed by atoms with Crippen LogP contribution in [0, 0.1) is 0 Å². The van der Waals surface area contributed by atoms with Crippen molar-refractivity contribution in [1.82, 2.24) is 10.2 Å². The second kappa shape index (κ2) is 13.3. The molecule has 2 heterocycles. The van der Waals surface area contributed by atoms with Crippen molar-refractivity contribution in [2.24, 2.45) is 4.99 Å². The minimum absolute atomic E-state index is 0.313. The molecule has 1 N–H and O–H groups in total. The van der Waals surface area contributed by atoms with E-state index in [1.165, 1.54) is 19.3 Å². The summed E-state index contributed by atoms with van der Waals surface area (Å²) in [6.45, 7) is 11.1. The molecule has 6 nitrogen and oxygen atoms in total. The molecule has 1 unspecified atom stereocenters. The number of hydrogen-bond acceptors (Lipinski definition) is 4. The largest absolute Gasteiger partial charge is 0.380 e. The Hall–Kier alpha value is -0.850. The van der Waals surface area contributed by atoms with Crippen LogP contribution in [0.5, 0.6) is 0 Å². The Balaban J connectivity index is 1.65. The number of nitrogens with zero attached hydrogens (tertiary/aromatic N) is 2. The van der Waals surface area contributed by atoms with Gasteiger partial charge in [0.1, 0.15) is 0 Å². The SMILES string of the molecule is CCCCOCCN=C(NCC)N1CCC(OCC2CCCCO2)CC1. The lowest BCUT2D eigenvalue weighted by atomic mass is 10.1. The van der Waals surface area contributed by atoms with Crippen LogP contribution in [0.3, 0.4) is 0 Å². The average Bonchev–Trinajstić information content (AvgIpc) is 2.69. The predicted octanol–water partition coefficient (Wildman–Crippen LogP) is 2.82. The summed E-state index contributed by atoms with van der Waals surface area (Å²) in [5.41, 5.74) is 0. The van der Waals surface area contributed by atoms with Crippen LogP contribution in [0.25, 0.3) is 0 Å². The molecule has 0 aromatic carbocycles. The molecular formula is C20H39N3O3. The Kier molecular flexibility index (Phi) is 11.0. The number of hydrogen-bond donors (Lipinski definition) is 1. The Morgan fingerprint density at radius 3 is 2.69 bits per heavy atom. The third-order valence-electron chi connectivity index (χ3n) is 5.01. The fourth-order valence-electron chi connectivity index (χ4n) is 3.41. The first-order valence-corrected chi connectivity index (χ1v) is 10.7. The maximum Gasteiger partial charge on any atom is 0.193 e. The standard InChI is InChI=1S/C20H39N3O3/c1-3-5-14-24-16-11-22-20(21-4-2)23-12-9-18(10-13-23)26-17-19-8-6-7-15-25-19/h18-19H,3-17H2,1-2H3,(H,21,22). The van der Waals surface area contributed by atoms with Crippen molar-refractivity contribution in [3.05, 3.63) is 0 Å². The first-order valence-electron chi connectivity index (χ1n) is 10.7. The Bertz CT molecular complexity index is 378. The van der Waals surface area contributed by atoms with Crippen molar-refractivity contribution in [3.8, 4) is 0 Å². The summed E-state index contributed by atoms with van der Waals surface area (Å²) in [5.74, 6) is 1.01. The van der Waals surface area contributed by atoms with Gasteiger partial charge in [-0.1, -0.05) is 13.3 Å². The van der Waals surface area contributed by atoms with Gasteiger partial charge in [-0.2, -0.15) is 0 Å². The first kappa shape index (κ1) is 21.5. The summed E-state index contributed by atoms with van der Waals surface area (Å²) in [6, 6.07) is 0. The molecule has 1 atom stereocenters. The smallest absolute Gasteiger partial charge is 0.193 e. The van der Waals surface area contributed by atoms with Crippen LogP contribution in [-0.2, 0) is 14.2 Å². The van der Waals surface area contributed by atoms with Gasteiger partial charge >= 0.3 is 0 Å². The van der Waals surface area contributed by atoms with Gasteiger partial charge in [0, 0.05) is 32.8 Å². The molecule has 2 aliphatic heterocycles. The van der Waals surface area contributed by atoms with Gasteiger partial charge in [-0.25, -0.2) is 0 Å². The van der Waals surface area contributed by atoms with Gasteiger partial charge in [0.2, 0.25) is 0 Å². The maximum atomic E-state index is 6.11. The third-order valence-corrected chi connectivity index (χ3v) is 5.01. The highest BCUT2D eigenvalue weighted by molar-refractivity contribution is 5.80. The number of piperidine rings is 1. The third kappa shape index (κ3) is 8.23. The number of rotatable bonds is 10. The number of likely N-dealkylation sites (tertiary alicyclic amines) is 1. The summed E-state index contributed by atoms with van der Waals surface area (Å²) < 4.78 is 17.5. The molecular weight excluding hydrogens is 330 g/mol. The van der Waals surface area contributed by atoms with Gasteiger partial charge in [-0.3, -0.25) is 4.99 Å². The zero-order chi connectivity index (χ0) is 18.5. The predicted molar refractivity (Wildman–Crippen MR) is 106 cm³/mol. The number of unbranched alkanes of at least 4 members (excludes halogenated alkanes) is 1. The van der Waals surface area contributed by atoms with E-state index in [2.05, 4.69) is 24.1 Å². The van der Waals surface area contributed by atoms with Gasteiger partial charge < -0.3 is 24.4 Å².